The number of nitrogens with one attached hydrogen (secondary N) is 3. The molecule has 13 heteroatoms. The van der Waals surface area contributed by atoms with E-state index >= 15 is 0 Å². The Morgan fingerprint density at radius 1 is 1.44 bits per heavy atom. The Kier molecular flexibility index (Phi) is 8.18. The van der Waals surface area contributed by atoms with Crippen LogP contribution in [-0.4, -0.2) is 41.4 Å². The molecule has 1 aromatic heterocycles. The van der Waals surface area contributed by atoms with Crippen LogP contribution in [0, 0.1) is 10.1 Å². The second kappa shape index (κ2) is 9.86. The molecule has 0 atom stereocenters. The number of alkyl halides is 3. The Hall–Kier alpha value is -2.31. The molecule has 1 rings (SSSR count). The minimum absolute atomic E-state index is 0.105. The molecule has 0 unspecified atom stereocenters. The molecule has 0 spiro atoms. The summed E-state index contributed by atoms with van der Waals surface area (Å²) in [5.74, 6) is -0.430. The number of hydrogen-bond donors (Lipinski definition) is 4. The van der Waals surface area contributed by atoms with E-state index < -0.39 is 21.8 Å². The van der Waals surface area contributed by atoms with Gasteiger partial charge in [-0.25, -0.2) is 4.98 Å². The molecule has 0 aliphatic rings. The van der Waals surface area contributed by atoms with Crippen molar-refractivity contribution in [3.63, 3.8) is 0 Å². The van der Waals surface area contributed by atoms with E-state index in [9.17, 15) is 23.3 Å². The highest BCUT2D eigenvalue weighted by atomic mass is 35.5. The molecule has 0 bridgehead atoms. The number of ether oxygens (including phenoxy) is 1. The first-order chi connectivity index (χ1) is 11.7. The Morgan fingerprint density at radius 2 is 2.16 bits per heavy atom. The van der Waals surface area contributed by atoms with Gasteiger partial charge in [0.05, 0.1) is 30.3 Å². The molecule has 0 amide bonds. The fraction of sp³-hybridized carbons (Fsp3) is 0.417. The molecule has 1 heterocycles. The summed E-state index contributed by atoms with van der Waals surface area (Å²) >= 11 is 5.53. The summed E-state index contributed by atoms with van der Waals surface area (Å²) in [6.45, 7) is 0.226. The molecule has 25 heavy (non-hydrogen) atoms. The third kappa shape index (κ3) is 8.37. The van der Waals surface area contributed by atoms with Crippen molar-refractivity contribution < 1.29 is 27.9 Å². The molecular formula is C12H15ClF3N5O4. The number of aromatic nitrogens is 1. The first-order valence-corrected chi connectivity index (χ1v) is 7.14. The van der Waals surface area contributed by atoms with E-state index in [-0.39, 0.29) is 38.0 Å². The highest BCUT2D eigenvalue weighted by Gasteiger charge is 2.31. The first-order valence-electron chi connectivity index (χ1n) is 6.77. The summed E-state index contributed by atoms with van der Waals surface area (Å²) in [6, 6.07) is 1.34. The van der Waals surface area contributed by atoms with Gasteiger partial charge in [0.2, 0.25) is 0 Å². The molecule has 4 N–H and O–H groups in total. The van der Waals surface area contributed by atoms with Crippen LogP contribution in [0.2, 0.25) is 5.15 Å². The van der Waals surface area contributed by atoms with Crippen LogP contribution in [0.5, 0.6) is 0 Å². The largest absolute Gasteiger partial charge is 0.416 e. The molecule has 0 aromatic carbocycles. The lowest BCUT2D eigenvalue weighted by Crippen LogP contribution is -2.33. The zero-order valence-corrected chi connectivity index (χ0v) is 13.4. The van der Waals surface area contributed by atoms with Crippen LogP contribution in [0.1, 0.15) is 5.56 Å². The standard InChI is InChI=1S/C12H15ClF3N5O4/c13-9-5-8(12(14,15)16)6-10(18-9)19-20-11(7-21(23)24)17-1-3-25-4-2-22/h5-7,17,20,22H,1-4H2,(H,18,19)/b11-7-. The minimum atomic E-state index is -4.62. The highest BCUT2D eigenvalue weighted by Crippen LogP contribution is 2.31. The van der Waals surface area contributed by atoms with Gasteiger partial charge in [0.15, 0.2) is 5.82 Å². The third-order valence-electron chi connectivity index (χ3n) is 2.48. The normalized spacial score (nSPS) is 12.0. The lowest BCUT2D eigenvalue weighted by atomic mass is 10.2. The fourth-order valence-corrected chi connectivity index (χ4v) is 1.72. The van der Waals surface area contributed by atoms with Crippen LogP contribution < -0.4 is 16.2 Å². The van der Waals surface area contributed by atoms with E-state index in [4.69, 9.17) is 21.4 Å². The lowest BCUT2D eigenvalue weighted by Gasteiger charge is -2.14. The number of aliphatic hydroxyl groups excluding tert-OH is 1. The predicted octanol–water partition coefficient (Wildman–Crippen LogP) is 1.34. The average Bonchev–Trinajstić information content (AvgIpc) is 2.50. The Balaban J connectivity index is 2.70. The summed E-state index contributed by atoms with van der Waals surface area (Å²) in [4.78, 5) is 13.4. The quantitative estimate of drug-likeness (QED) is 0.206. The number of hydrogen-bond acceptors (Lipinski definition) is 8. The van der Waals surface area contributed by atoms with Gasteiger partial charge < -0.3 is 15.2 Å². The van der Waals surface area contributed by atoms with Gasteiger partial charge in [-0.2, -0.15) is 13.2 Å². The molecule has 9 nitrogen and oxygen atoms in total. The van der Waals surface area contributed by atoms with Gasteiger partial charge in [-0.3, -0.25) is 21.0 Å². The number of hydrazine groups is 1. The second-order valence-corrected chi connectivity index (χ2v) is 4.79. The summed E-state index contributed by atoms with van der Waals surface area (Å²) in [6.07, 6.45) is -4.06. The van der Waals surface area contributed by atoms with E-state index in [2.05, 4.69) is 21.2 Å². The van der Waals surface area contributed by atoms with Crippen molar-refractivity contribution in [3.05, 3.63) is 45.0 Å². The smallest absolute Gasteiger partial charge is 0.394 e. The van der Waals surface area contributed by atoms with Crippen molar-refractivity contribution >= 4 is 17.4 Å². The van der Waals surface area contributed by atoms with Crippen molar-refractivity contribution in [1.29, 1.82) is 0 Å². The van der Waals surface area contributed by atoms with Crippen LogP contribution in [-0.2, 0) is 10.9 Å². The molecule has 140 valence electrons. The molecule has 0 aliphatic carbocycles. The Bertz CT molecular complexity index is 615. The fourth-order valence-electron chi connectivity index (χ4n) is 1.51. The number of halogens is 4. The van der Waals surface area contributed by atoms with E-state index in [1.54, 1.807) is 0 Å². The average molecular weight is 386 g/mol. The molecule has 1 aromatic rings. The third-order valence-corrected chi connectivity index (χ3v) is 2.67. The maximum atomic E-state index is 12.7. The van der Waals surface area contributed by atoms with Crippen molar-refractivity contribution in [2.45, 2.75) is 6.18 Å². The van der Waals surface area contributed by atoms with E-state index in [0.29, 0.717) is 18.3 Å². The number of anilines is 1. The van der Waals surface area contributed by atoms with Crippen molar-refractivity contribution in [2.75, 3.05) is 31.8 Å². The summed E-state index contributed by atoms with van der Waals surface area (Å²) < 4.78 is 43.1. The second-order valence-electron chi connectivity index (χ2n) is 4.40. The molecular weight excluding hydrogens is 371 g/mol. The molecule has 0 aliphatic heterocycles. The molecule has 0 fully saturated rings. The Morgan fingerprint density at radius 3 is 2.76 bits per heavy atom. The number of nitrogens with zero attached hydrogens (tertiary/aromatic N) is 2. The minimum Gasteiger partial charge on any atom is -0.394 e. The highest BCUT2D eigenvalue weighted by molar-refractivity contribution is 6.29. The number of pyridine rings is 1. The molecule has 0 saturated heterocycles. The molecule has 0 saturated carbocycles. The van der Waals surface area contributed by atoms with Crippen molar-refractivity contribution in [2.24, 2.45) is 0 Å². The van der Waals surface area contributed by atoms with Crippen LogP contribution in [0.3, 0.4) is 0 Å². The van der Waals surface area contributed by atoms with Crippen molar-refractivity contribution in [1.82, 2.24) is 15.7 Å². The van der Waals surface area contributed by atoms with Crippen LogP contribution in [0.25, 0.3) is 0 Å². The van der Waals surface area contributed by atoms with Gasteiger partial charge in [0.25, 0.3) is 6.20 Å². The number of aliphatic hydroxyl groups is 1. The van der Waals surface area contributed by atoms with Gasteiger partial charge in [0.1, 0.15) is 11.0 Å². The lowest BCUT2D eigenvalue weighted by molar-refractivity contribution is -0.404. The topological polar surface area (TPSA) is 122 Å². The monoisotopic (exact) mass is 385 g/mol. The van der Waals surface area contributed by atoms with Gasteiger partial charge in [0, 0.05) is 6.54 Å². The van der Waals surface area contributed by atoms with Gasteiger partial charge in [-0.1, -0.05) is 11.6 Å². The maximum absolute atomic E-state index is 12.7. The van der Waals surface area contributed by atoms with Gasteiger partial charge in [-0.05, 0) is 12.1 Å². The summed E-state index contributed by atoms with van der Waals surface area (Å²) in [5.41, 5.74) is 3.60. The van der Waals surface area contributed by atoms with Gasteiger partial charge >= 0.3 is 6.18 Å². The van der Waals surface area contributed by atoms with Crippen LogP contribution in [0.4, 0.5) is 19.0 Å². The van der Waals surface area contributed by atoms with Crippen molar-refractivity contribution in [3.8, 4) is 0 Å². The first kappa shape index (κ1) is 20.7. The van der Waals surface area contributed by atoms with E-state index in [1.807, 2.05) is 0 Å². The van der Waals surface area contributed by atoms with Gasteiger partial charge in [-0.15, -0.1) is 0 Å². The maximum Gasteiger partial charge on any atom is 0.416 e. The number of rotatable bonds is 10. The van der Waals surface area contributed by atoms with E-state index in [0.717, 1.165) is 0 Å². The molecule has 0 radical (unpaired) electrons. The SMILES string of the molecule is O=[N+]([O-])/C=C(/NCCOCCO)NNc1cc(C(F)(F)F)cc(Cl)n1. The van der Waals surface area contributed by atoms with E-state index in [1.165, 1.54) is 0 Å². The zero-order valence-electron chi connectivity index (χ0n) is 12.6. The summed E-state index contributed by atoms with van der Waals surface area (Å²) in [7, 11) is 0. The summed E-state index contributed by atoms with van der Waals surface area (Å²) in [5, 5.41) is 21.3. The predicted molar refractivity (Wildman–Crippen MR) is 82.0 cm³/mol. The van der Waals surface area contributed by atoms with Crippen LogP contribution in [0.15, 0.2) is 24.2 Å². The number of nitro groups is 1. The zero-order chi connectivity index (χ0) is 18.9. The Labute approximate surface area is 144 Å². The van der Waals surface area contributed by atoms with Crippen LogP contribution >= 0.6 is 11.6 Å².